The summed E-state index contributed by atoms with van der Waals surface area (Å²) in [4.78, 5) is 27.9. The van der Waals surface area contributed by atoms with Crippen molar-refractivity contribution < 1.29 is 14.3 Å². The standard InChI is InChI=1S/C29H39N5O3/c1-8-9-16-33(28(36)30-22-12-10-11-13-24(22)37-7)19-27(35)31-26-18-25(29(4,5)6)32-34(26)23-15-14-20(2)17-21(23)3/h10-15,17-18H,8-9,16,19H2,1-7H3,(H,30,36)(H,31,35). The number of unbranched alkanes of at least 4 members (excludes halogenated alkanes) is 1. The van der Waals surface area contributed by atoms with Crippen LogP contribution < -0.4 is 15.4 Å². The molecule has 3 amide bonds. The largest absolute Gasteiger partial charge is 0.495 e. The van der Waals surface area contributed by atoms with Gasteiger partial charge in [-0.15, -0.1) is 0 Å². The molecule has 0 bridgehead atoms. The topological polar surface area (TPSA) is 88.5 Å². The fourth-order valence-electron chi connectivity index (χ4n) is 3.96. The average molecular weight is 506 g/mol. The number of aromatic nitrogens is 2. The molecule has 0 unspecified atom stereocenters. The maximum absolute atomic E-state index is 13.2. The van der Waals surface area contributed by atoms with Crippen LogP contribution in [0.5, 0.6) is 5.75 Å². The highest BCUT2D eigenvalue weighted by atomic mass is 16.5. The summed E-state index contributed by atoms with van der Waals surface area (Å²) in [6.45, 7) is 12.7. The van der Waals surface area contributed by atoms with Gasteiger partial charge < -0.3 is 20.3 Å². The van der Waals surface area contributed by atoms with Crippen molar-refractivity contribution in [1.29, 1.82) is 0 Å². The maximum Gasteiger partial charge on any atom is 0.322 e. The maximum atomic E-state index is 13.2. The fourth-order valence-corrected chi connectivity index (χ4v) is 3.96. The second-order valence-corrected chi connectivity index (χ2v) is 10.3. The summed E-state index contributed by atoms with van der Waals surface area (Å²) in [5.74, 6) is 0.836. The van der Waals surface area contributed by atoms with Crippen LogP contribution in [0.25, 0.3) is 5.69 Å². The van der Waals surface area contributed by atoms with Gasteiger partial charge in [-0.3, -0.25) is 4.79 Å². The van der Waals surface area contributed by atoms with E-state index in [0.717, 1.165) is 35.3 Å². The van der Waals surface area contributed by atoms with Gasteiger partial charge in [-0.1, -0.05) is 63.9 Å². The molecule has 0 aliphatic heterocycles. The van der Waals surface area contributed by atoms with Gasteiger partial charge in [-0.2, -0.15) is 5.10 Å². The van der Waals surface area contributed by atoms with E-state index in [9.17, 15) is 9.59 Å². The zero-order valence-electron chi connectivity index (χ0n) is 23.0. The molecule has 3 rings (SSSR count). The number of benzene rings is 2. The Balaban J connectivity index is 1.84. The van der Waals surface area contributed by atoms with Crippen LogP contribution in [0.4, 0.5) is 16.3 Å². The van der Waals surface area contributed by atoms with Crippen molar-refractivity contribution in [3.63, 3.8) is 0 Å². The van der Waals surface area contributed by atoms with Crippen molar-refractivity contribution in [2.45, 2.75) is 59.8 Å². The van der Waals surface area contributed by atoms with Gasteiger partial charge in [-0.25, -0.2) is 9.48 Å². The third-order valence-electron chi connectivity index (χ3n) is 6.08. The van der Waals surface area contributed by atoms with Crippen LogP contribution in [0, 0.1) is 13.8 Å². The zero-order chi connectivity index (χ0) is 27.2. The van der Waals surface area contributed by atoms with Gasteiger partial charge >= 0.3 is 6.03 Å². The van der Waals surface area contributed by atoms with Gasteiger partial charge in [-0.05, 0) is 44.0 Å². The predicted octanol–water partition coefficient (Wildman–Crippen LogP) is 6.07. The molecule has 0 saturated carbocycles. The van der Waals surface area contributed by atoms with E-state index in [1.165, 1.54) is 4.90 Å². The van der Waals surface area contributed by atoms with Crippen LogP contribution in [0.2, 0.25) is 0 Å². The molecule has 0 fully saturated rings. The summed E-state index contributed by atoms with van der Waals surface area (Å²) in [5, 5.41) is 10.7. The molecular formula is C29H39N5O3. The van der Waals surface area contributed by atoms with Crippen LogP contribution in [-0.4, -0.2) is 46.8 Å². The van der Waals surface area contributed by atoms with Gasteiger partial charge in [0, 0.05) is 18.0 Å². The molecule has 0 aliphatic rings. The molecule has 0 saturated heterocycles. The third-order valence-corrected chi connectivity index (χ3v) is 6.08. The van der Waals surface area contributed by atoms with E-state index >= 15 is 0 Å². The van der Waals surface area contributed by atoms with E-state index in [-0.39, 0.29) is 23.9 Å². The number of para-hydroxylation sites is 2. The fraction of sp³-hybridized carbons (Fsp3) is 0.414. The Kier molecular flexibility index (Phi) is 8.97. The molecule has 3 aromatic rings. The van der Waals surface area contributed by atoms with Crippen molar-refractivity contribution in [3.05, 3.63) is 65.4 Å². The van der Waals surface area contributed by atoms with E-state index in [4.69, 9.17) is 9.84 Å². The smallest absolute Gasteiger partial charge is 0.322 e. The molecule has 8 heteroatoms. The van der Waals surface area contributed by atoms with Crippen molar-refractivity contribution in [1.82, 2.24) is 14.7 Å². The first-order chi connectivity index (χ1) is 17.5. The predicted molar refractivity (Wildman–Crippen MR) is 149 cm³/mol. The SMILES string of the molecule is CCCCN(CC(=O)Nc1cc(C(C)(C)C)nn1-c1ccc(C)cc1C)C(=O)Nc1ccccc1OC. The molecule has 0 spiro atoms. The lowest BCUT2D eigenvalue weighted by atomic mass is 9.92. The van der Waals surface area contributed by atoms with E-state index in [1.807, 2.05) is 51.1 Å². The number of ether oxygens (including phenoxy) is 1. The molecule has 8 nitrogen and oxygen atoms in total. The van der Waals surface area contributed by atoms with Crippen LogP contribution in [0.15, 0.2) is 48.5 Å². The number of methoxy groups -OCH3 is 1. The van der Waals surface area contributed by atoms with Gasteiger partial charge in [0.2, 0.25) is 5.91 Å². The highest BCUT2D eigenvalue weighted by molar-refractivity contribution is 5.97. The van der Waals surface area contributed by atoms with Gasteiger partial charge in [0.15, 0.2) is 0 Å². The van der Waals surface area contributed by atoms with Crippen LogP contribution >= 0.6 is 0 Å². The Hall–Kier alpha value is -3.81. The zero-order valence-corrected chi connectivity index (χ0v) is 23.0. The second kappa shape index (κ2) is 12.0. The summed E-state index contributed by atoms with van der Waals surface area (Å²) >= 11 is 0. The molecule has 0 atom stereocenters. The highest BCUT2D eigenvalue weighted by Gasteiger charge is 2.24. The molecule has 2 aromatic carbocycles. The molecule has 1 aromatic heterocycles. The molecule has 0 aliphatic carbocycles. The Morgan fingerprint density at radius 2 is 1.78 bits per heavy atom. The third kappa shape index (κ3) is 7.12. The number of aryl methyl sites for hydroxylation is 2. The number of rotatable bonds is 9. The number of hydrogen-bond donors (Lipinski definition) is 2. The Morgan fingerprint density at radius 3 is 2.43 bits per heavy atom. The molecular weight excluding hydrogens is 466 g/mol. The summed E-state index contributed by atoms with van der Waals surface area (Å²) in [5.41, 5.74) is 4.32. The lowest BCUT2D eigenvalue weighted by molar-refractivity contribution is -0.116. The first kappa shape index (κ1) is 27.8. The lowest BCUT2D eigenvalue weighted by Crippen LogP contribution is -2.41. The molecule has 198 valence electrons. The lowest BCUT2D eigenvalue weighted by Gasteiger charge is -2.23. The van der Waals surface area contributed by atoms with Crippen molar-refractivity contribution in [2.24, 2.45) is 0 Å². The van der Waals surface area contributed by atoms with Crippen LogP contribution in [-0.2, 0) is 10.2 Å². The van der Waals surface area contributed by atoms with Gasteiger partial charge in [0.05, 0.1) is 24.2 Å². The molecule has 37 heavy (non-hydrogen) atoms. The number of amides is 3. The van der Waals surface area contributed by atoms with Crippen LogP contribution in [0.1, 0.15) is 57.4 Å². The Morgan fingerprint density at radius 1 is 1.05 bits per heavy atom. The number of carbonyl (C=O) groups excluding carboxylic acids is 2. The molecule has 2 N–H and O–H groups in total. The summed E-state index contributed by atoms with van der Waals surface area (Å²) in [6, 6.07) is 14.9. The Labute approximate surface area is 220 Å². The number of hydrogen-bond acceptors (Lipinski definition) is 4. The van der Waals surface area contributed by atoms with Crippen LogP contribution in [0.3, 0.4) is 0 Å². The van der Waals surface area contributed by atoms with Crippen molar-refractivity contribution in [2.75, 3.05) is 30.8 Å². The monoisotopic (exact) mass is 505 g/mol. The first-order valence-electron chi connectivity index (χ1n) is 12.7. The highest BCUT2D eigenvalue weighted by Crippen LogP contribution is 2.28. The quantitative estimate of drug-likeness (QED) is 0.370. The number of carbonyl (C=O) groups is 2. The second-order valence-electron chi connectivity index (χ2n) is 10.3. The minimum Gasteiger partial charge on any atom is -0.495 e. The summed E-state index contributed by atoms with van der Waals surface area (Å²) in [7, 11) is 1.55. The number of anilines is 2. The van der Waals surface area contributed by atoms with E-state index in [2.05, 4.69) is 37.5 Å². The van der Waals surface area contributed by atoms with Gasteiger partial charge in [0.25, 0.3) is 0 Å². The van der Waals surface area contributed by atoms with E-state index < -0.39 is 0 Å². The molecule has 0 radical (unpaired) electrons. The summed E-state index contributed by atoms with van der Waals surface area (Å²) < 4.78 is 7.12. The average Bonchev–Trinajstić information content (AvgIpc) is 3.26. The summed E-state index contributed by atoms with van der Waals surface area (Å²) in [6.07, 6.45) is 1.68. The minimum atomic E-state index is -0.355. The number of nitrogens with one attached hydrogen (secondary N) is 2. The normalized spacial score (nSPS) is 11.2. The first-order valence-corrected chi connectivity index (χ1v) is 12.7. The molecule has 1 heterocycles. The van der Waals surface area contributed by atoms with Crippen molar-refractivity contribution in [3.8, 4) is 11.4 Å². The van der Waals surface area contributed by atoms with Gasteiger partial charge in [0.1, 0.15) is 18.1 Å². The Bertz CT molecular complexity index is 1240. The van der Waals surface area contributed by atoms with E-state index in [0.29, 0.717) is 23.8 Å². The van der Waals surface area contributed by atoms with Crippen molar-refractivity contribution >= 4 is 23.4 Å². The van der Waals surface area contributed by atoms with E-state index in [1.54, 1.807) is 23.9 Å². The number of nitrogens with zero attached hydrogens (tertiary/aromatic N) is 3. The minimum absolute atomic E-state index is 0.0934. The number of urea groups is 1.